The number of nitriles is 1. The number of methoxy groups -OCH3 is 1. The molecule has 0 saturated carbocycles. The molecule has 2 heterocycles. The molecule has 2 aromatic rings. The lowest BCUT2D eigenvalue weighted by Crippen LogP contribution is -2.05. The highest BCUT2D eigenvalue weighted by atomic mass is 16.5. The topological polar surface area (TPSA) is 58.8 Å². The number of ether oxygens (including phenoxy) is 1. The summed E-state index contributed by atoms with van der Waals surface area (Å²) in [4.78, 5) is 8.54. The summed E-state index contributed by atoms with van der Waals surface area (Å²) >= 11 is 0. The molecule has 0 aliphatic carbocycles. The molecule has 4 nitrogen and oxygen atoms in total. The van der Waals surface area contributed by atoms with Crippen LogP contribution in [-0.2, 0) is 4.74 Å². The van der Waals surface area contributed by atoms with Crippen LogP contribution in [0, 0.1) is 11.3 Å². The highest BCUT2D eigenvalue weighted by Crippen LogP contribution is 2.24. The van der Waals surface area contributed by atoms with Crippen LogP contribution in [0.2, 0.25) is 0 Å². The molecule has 0 radical (unpaired) electrons. The zero-order valence-electron chi connectivity index (χ0n) is 10.5. The molecule has 0 saturated heterocycles. The van der Waals surface area contributed by atoms with Gasteiger partial charge in [0.05, 0.1) is 30.8 Å². The average Bonchev–Trinajstić information content (AvgIpc) is 2.48. The molecule has 0 bridgehead atoms. The van der Waals surface area contributed by atoms with Crippen LogP contribution in [0.4, 0.5) is 0 Å². The lowest BCUT2D eigenvalue weighted by Gasteiger charge is -2.10. The Morgan fingerprint density at radius 1 is 1.21 bits per heavy atom. The first-order valence-electron chi connectivity index (χ1n) is 5.81. The zero-order chi connectivity index (χ0) is 13.5. The number of pyridine rings is 2. The van der Waals surface area contributed by atoms with Gasteiger partial charge in [-0.3, -0.25) is 9.97 Å². The fourth-order valence-electron chi connectivity index (χ4n) is 1.77. The third kappa shape index (κ3) is 2.96. The van der Waals surface area contributed by atoms with Crippen LogP contribution in [0.5, 0.6) is 0 Å². The van der Waals surface area contributed by atoms with Crippen LogP contribution < -0.4 is 0 Å². The fraction of sp³-hybridized carbons (Fsp3) is 0.133. The van der Waals surface area contributed by atoms with Gasteiger partial charge in [-0.05, 0) is 24.3 Å². The first kappa shape index (κ1) is 12.8. The minimum absolute atomic E-state index is 0.487. The van der Waals surface area contributed by atoms with Gasteiger partial charge in [0.2, 0.25) is 0 Å². The molecule has 19 heavy (non-hydrogen) atoms. The maximum Gasteiger partial charge on any atom is 0.131 e. The maximum atomic E-state index is 9.40. The van der Waals surface area contributed by atoms with Crippen LogP contribution in [0.15, 0.2) is 49.0 Å². The van der Waals surface area contributed by atoms with Gasteiger partial charge in [-0.25, -0.2) is 0 Å². The van der Waals surface area contributed by atoms with Gasteiger partial charge in [-0.15, -0.1) is 0 Å². The minimum atomic E-state index is -0.487. The summed E-state index contributed by atoms with van der Waals surface area (Å²) in [5.41, 5.74) is 2.22. The van der Waals surface area contributed by atoms with Crippen LogP contribution in [-0.4, -0.2) is 17.1 Å². The Balaban J connectivity index is 2.45. The van der Waals surface area contributed by atoms with Crippen LogP contribution >= 0.6 is 0 Å². The standard InChI is InChI=1S/C15H13N3O/c1-19-10-7-12-5-4-9-18-15(12)13(11-16)14-6-2-3-8-17-14/h2-10,13H,1H3/b10-7+. The fourth-order valence-corrected chi connectivity index (χ4v) is 1.77. The van der Waals surface area contributed by atoms with Gasteiger partial charge in [0.1, 0.15) is 5.92 Å². The van der Waals surface area contributed by atoms with E-state index in [0.29, 0.717) is 11.4 Å². The average molecular weight is 251 g/mol. The quantitative estimate of drug-likeness (QED) is 0.784. The highest BCUT2D eigenvalue weighted by molar-refractivity contribution is 5.54. The Hall–Kier alpha value is -2.67. The monoisotopic (exact) mass is 251 g/mol. The largest absolute Gasteiger partial charge is 0.504 e. The van der Waals surface area contributed by atoms with Crippen molar-refractivity contribution in [2.45, 2.75) is 5.92 Å². The van der Waals surface area contributed by atoms with E-state index in [9.17, 15) is 5.26 Å². The SMILES string of the molecule is CO/C=C/c1cccnc1C(C#N)c1ccccn1. The minimum Gasteiger partial charge on any atom is -0.504 e. The van der Waals surface area contributed by atoms with E-state index >= 15 is 0 Å². The molecule has 0 spiro atoms. The number of aromatic nitrogens is 2. The molecular formula is C15H13N3O. The van der Waals surface area contributed by atoms with Gasteiger partial charge >= 0.3 is 0 Å². The molecule has 2 rings (SSSR count). The van der Waals surface area contributed by atoms with Crippen molar-refractivity contribution in [3.63, 3.8) is 0 Å². The van der Waals surface area contributed by atoms with Crippen molar-refractivity contribution in [3.8, 4) is 6.07 Å². The Bertz CT molecular complexity index is 602. The second-order valence-electron chi connectivity index (χ2n) is 3.83. The summed E-state index contributed by atoms with van der Waals surface area (Å²) in [5.74, 6) is -0.487. The van der Waals surface area contributed by atoms with Crippen LogP contribution in [0.25, 0.3) is 6.08 Å². The summed E-state index contributed by atoms with van der Waals surface area (Å²) in [6.07, 6.45) is 6.70. The van der Waals surface area contributed by atoms with Crippen molar-refractivity contribution in [1.29, 1.82) is 5.26 Å². The van der Waals surface area contributed by atoms with E-state index in [1.807, 2.05) is 30.3 Å². The lowest BCUT2D eigenvalue weighted by molar-refractivity contribution is 0.341. The molecule has 2 aromatic heterocycles. The molecule has 1 atom stereocenters. The van der Waals surface area contributed by atoms with Crippen molar-refractivity contribution in [2.24, 2.45) is 0 Å². The van der Waals surface area contributed by atoms with Gasteiger partial charge in [-0.2, -0.15) is 5.26 Å². The van der Waals surface area contributed by atoms with E-state index in [-0.39, 0.29) is 0 Å². The third-order valence-electron chi connectivity index (χ3n) is 2.64. The highest BCUT2D eigenvalue weighted by Gasteiger charge is 2.18. The van der Waals surface area contributed by atoms with Crippen molar-refractivity contribution < 1.29 is 4.74 Å². The molecule has 0 aliphatic heterocycles. The second-order valence-corrected chi connectivity index (χ2v) is 3.83. The van der Waals surface area contributed by atoms with E-state index in [2.05, 4.69) is 16.0 Å². The molecule has 0 fully saturated rings. The van der Waals surface area contributed by atoms with E-state index in [4.69, 9.17) is 4.74 Å². The Kier molecular flexibility index (Phi) is 4.25. The second kappa shape index (κ2) is 6.31. The normalized spacial score (nSPS) is 12.0. The molecule has 0 amide bonds. The Morgan fingerprint density at radius 2 is 2.05 bits per heavy atom. The summed E-state index contributed by atoms with van der Waals surface area (Å²) < 4.78 is 4.91. The lowest BCUT2D eigenvalue weighted by atomic mass is 9.97. The molecular weight excluding hydrogens is 238 g/mol. The summed E-state index contributed by atoms with van der Waals surface area (Å²) in [6, 6.07) is 11.5. The first-order valence-corrected chi connectivity index (χ1v) is 5.81. The number of hydrogen-bond donors (Lipinski definition) is 0. The Labute approximate surface area is 112 Å². The molecule has 94 valence electrons. The van der Waals surface area contributed by atoms with E-state index in [0.717, 1.165) is 5.56 Å². The van der Waals surface area contributed by atoms with E-state index in [1.165, 1.54) is 0 Å². The number of hydrogen-bond acceptors (Lipinski definition) is 4. The predicted octanol–water partition coefficient (Wildman–Crippen LogP) is 2.75. The maximum absolute atomic E-state index is 9.40. The molecule has 4 heteroatoms. The predicted molar refractivity (Wildman–Crippen MR) is 72.0 cm³/mol. The molecule has 0 aliphatic rings. The molecule has 0 N–H and O–H groups in total. The van der Waals surface area contributed by atoms with Crippen LogP contribution in [0.3, 0.4) is 0 Å². The van der Waals surface area contributed by atoms with Crippen molar-refractivity contribution in [2.75, 3.05) is 7.11 Å². The van der Waals surface area contributed by atoms with Crippen molar-refractivity contribution in [1.82, 2.24) is 9.97 Å². The Morgan fingerprint density at radius 3 is 2.74 bits per heavy atom. The number of nitrogens with zero attached hydrogens (tertiary/aromatic N) is 3. The molecule has 1 unspecified atom stereocenters. The first-order chi connectivity index (χ1) is 9.36. The van der Waals surface area contributed by atoms with Gasteiger partial charge in [0, 0.05) is 18.0 Å². The summed E-state index contributed by atoms with van der Waals surface area (Å²) in [7, 11) is 1.58. The smallest absolute Gasteiger partial charge is 0.131 e. The van der Waals surface area contributed by atoms with E-state index < -0.39 is 5.92 Å². The molecule has 0 aromatic carbocycles. The third-order valence-corrected chi connectivity index (χ3v) is 2.64. The van der Waals surface area contributed by atoms with Crippen LogP contribution in [0.1, 0.15) is 22.9 Å². The van der Waals surface area contributed by atoms with E-state index in [1.54, 1.807) is 31.8 Å². The van der Waals surface area contributed by atoms with Gasteiger partial charge in [-0.1, -0.05) is 12.1 Å². The van der Waals surface area contributed by atoms with Gasteiger partial charge in [0.25, 0.3) is 0 Å². The summed E-state index contributed by atoms with van der Waals surface area (Å²) in [5, 5.41) is 9.40. The van der Waals surface area contributed by atoms with Crippen molar-refractivity contribution >= 4 is 6.08 Å². The van der Waals surface area contributed by atoms with Gasteiger partial charge in [0.15, 0.2) is 0 Å². The summed E-state index contributed by atoms with van der Waals surface area (Å²) in [6.45, 7) is 0. The number of rotatable bonds is 4. The zero-order valence-corrected chi connectivity index (χ0v) is 10.5. The van der Waals surface area contributed by atoms with Crippen molar-refractivity contribution in [3.05, 3.63) is 65.9 Å². The van der Waals surface area contributed by atoms with Gasteiger partial charge < -0.3 is 4.74 Å².